The Labute approximate surface area is 127 Å². The molecule has 0 spiro atoms. The fourth-order valence-corrected chi connectivity index (χ4v) is 3.05. The maximum Gasteiger partial charge on any atom is 0.103 e. The van der Waals surface area contributed by atoms with Crippen LogP contribution >= 0.6 is 12.2 Å². The van der Waals surface area contributed by atoms with Crippen LogP contribution in [-0.2, 0) is 6.54 Å². The first kappa shape index (κ1) is 15.4. The number of nitrogens with two attached hydrogens (primary N) is 1. The normalized spacial score (nSPS) is 17.6. The lowest BCUT2D eigenvalue weighted by atomic mass is 9.96. The van der Waals surface area contributed by atoms with Crippen LogP contribution in [0.5, 0.6) is 0 Å². The van der Waals surface area contributed by atoms with E-state index in [0.29, 0.717) is 4.99 Å². The fourth-order valence-electron chi connectivity index (χ4n) is 2.92. The smallest absolute Gasteiger partial charge is 0.103 e. The van der Waals surface area contributed by atoms with Crippen LogP contribution in [0.15, 0.2) is 24.3 Å². The summed E-state index contributed by atoms with van der Waals surface area (Å²) in [6, 6.07) is 8.31. The highest BCUT2D eigenvalue weighted by molar-refractivity contribution is 7.80. The zero-order valence-electron chi connectivity index (χ0n) is 12.5. The highest BCUT2D eigenvalue weighted by Gasteiger charge is 2.19. The van der Waals surface area contributed by atoms with Gasteiger partial charge >= 0.3 is 0 Å². The predicted octanol–water partition coefficient (Wildman–Crippen LogP) is 2.09. The standard InChI is InChI=1S/C16H25N3S/c1-18(2)11-13-6-8-19(9-7-13)12-14-4-3-5-15(10-14)16(17)20/h3-5,10,13H,6-9,11-12H2,1-2H3,(H2,17,20). The van der Waals surface area contributed by atoms with Crippen molar-refractivity contribution in [3.63, 3.8) is 0 Å². The van der Waals surface area contributed by atoms with Crippen molar-refractivity contribution in [1.82, 2.24) is 9.80 Å². The Balaban J connectivity index is 1.86. The summed E-state index contributed by atoms with van der Waals surface area (Å²) in [5.41, 5.74) is 7.97. The molecule has 0 radical (unpaired) electrons. The molecule has 1 saturated heterocycles. The van der Waals surface area contributed by atoms with E-state index >= 15 is 0 Å². The van der Waals surface area contributed by atoms with Gasteiger partial charge in [0.05, 0.1) is 0 Å². The van der Waals surface area contributed by atoms with Crippen LogP contribution in [0.3, 0.4) is 0 Å². The predicted molar refractivity (Wildman–Crippen MR) is 88.9 cm³/mol. The molecule has 0 saturated carbocycles. The van der Waals surface area contributed by atoms with Crippen molar-refractivity contribution in [2.24, 2.45) is 11.7 Å². The number of thiocarbonyl (C=S) groups is 1. The lowest BCUT2D eigenvalue weighted by Crippen LogP contribution is -2.36. The minimum atomic E-state index is 0.483. The maximum absolute atomic E-state index is 5.69. The van der Waals surface area contributed by atoms with E-state index in [4.69, 9.17) is 18.0 Å². The zero-order chi connectivity index (χ0) is 14.5. The molecule has 1 aliphatic heterocycles. The average Bonchev–Trinajstić information content (AvgIpc) is 2.41. The molecular formula is C16H25N3S. The van der Waals surface area contributed by atoms with Gasteiger partial charge in [0.2, 0.25) is 0 Å². The Bertz CT molecular complexity index is 451. The van der Waals surface area contributed by atoms with Crippen molar-refractivity contribution in [3.8, 4) is 0 Å². The lowest BCUT2D eigenvalue weighted by Gasteiger charge is -2.33. The van der Waals surface area contributed by atoms with E-state index in [2.05, 4.69) is 36.0 Å². The van der Waals surface area contributed by atoms with E-state index < -0.39 is 0 Å². The van der Waals surface area contributed by atoms with Crippen molar-refractivity contribution in [2.75, 3.05) is 33.7 Å². The highest BCUT2D eigenvalue weighted by atomic mass is 32.1. The molecule has 0 unspecified atom stereocenters. The minimum Gasteiger partial charge on any atom is -0.389 e. The van der Waals surface area contributed by atoms with E-state index in [9.17, 15) is 0 Å². The summed E-state index contributed by atoms with van der Waals surface area (Å²) in [6.45, 7) is 4.60. The van der Waals surface area contributed by atoms with Gasteiger partial charge in [0.25, 0.3) is 0 Å². The molecule has 2 N–H and O–H groups in total. The number of likely N-dealkylation sites (tertiary alicyclic amines) is 1. The second-order valence-electron chi connectivity index (χ2n) is 6.05. The molecule has 4 heteroatoms. The van der Waals surface area contributed by atoms with Gasteiger partial charge in [-0.05, 0) is 57.6 Å². The largest absolute Gasteiger partial charge is 0.389 e. The molecule has 1 heterocycles. The first-order valence-corrected chi connectivity index (χ1v) is 7.71. The van der Waals surface area contributed by atoms with E-state index in [1.165, 1.54) is 38.0 Å². The summed E-state index contributed by atoms with van der Waals surface area (Å²) in [6.07, 6.45) is 2.60. The molecule has 1 fully saturated rings. The monoisotopic (exact) mass is 291 g/mol. The number of nitrogens with zero attached hydrogens (tertiary/aromatic N) is 2. The third-order valence-corrected chi connectivity index (χ3v) is 4.18. The third-order valence-electron chi connectivity index (χ3n) is 3.95. The molecule has 0 bridgehead atoms. The minimum absolute atomic E-state index is 0.483. The van der Waals surface area contributed by atoms with Gasteiger partial charge in [-0.2, -0.15) is 0 Å². The number of piperidine rings is 1. The number of benzene rings is 1. The Kier molecular flexibility index (Phi) is 5.52. The van der Waals surface area contributed by atoms with Gasteiger partial charge in [-0.1, -0.05) is 30.4 Å². The number of hydrogen-bond donors (Lipinski definition) is 1. The average molecular weight is 291 g/mol. The Morgan fingerprint density at radius 1 is 1.35 bits per heavy atom. The molecule has 0 amide bonds. The molecule has 2 rings (SSSR count). The molecule has 0 atom stereocenters. The summed E-state index contributed by atoms with van der Waals surface area (Å²) in [7, 11) is 4.32. The van der Waals surface area contributed by atoms with Gasteiger partial charge in [0.1, 0.15) is 4.99 Å². The van der Waals surface area contributed by atoms with E-state index in [1.54, 1.807) is 0 Å². The van der Waals surface area contributed by atoms with Crippen LogP contribution in [0.1, 0.15) is 24.0 Å². The lowest BCUT2D eigenvalue weighted by molar-refractivity contribution is 0.157. The van der Waals surface area contributed by atoms with Crippen LogP contribution in [0.2, 0.25) is 0 Å². The van der Waals surface area contributed by atoms with Gasteiger partial charge in [0.15, 0.2) is 0 Å². The molecular weight excluding hydrogens is 266 g/mol. The first-order chi connectivity index (χ1) is 9.54. The summed E-state index contributed by atoms with van der Waals surface area (Å²) in [5.74, 6) is 0.851. The van der Waals surface area contributed by atoms with Crippen molar-refractivity contribution in [3.05, 3.63) is 35.4 Å². The van der Waals surface area contributed by atoms with E-state index in [-0.39, 0.29) is 0 Å². The van der Waals surface area contributed by atoms with Crippen molar-refractivity contribution >= 4 is 17.2 Å². The Morgan fingerprint density at radius 2 is 2.05 bits per heavy atom. The summed E-state index contributed by atoms with van der Waals surface area (Å²) in [5, 5.41) is 0. The van der Waals surface area contributed by atoms with E-state index in [1.807, 2.05) is 12.1 Å². The quantitative estimate of drug-likeness (QED) is 0.842. The number of rotatable bonds is 5. The third kappa shape index (κ3) is 4.54. The van der Waals surface area contributed by atoms with Gasteiger partial charge < -0.3 is 10.6 Å². The summed E-state index contributed by atoms with van der Waals surface area (Å²) < 4.78 is 0. The molecule has 20 heavy (non-hydrogen) atoms. The van der Waals surface area contributed by atoms with Crippen LogP contribution < -0.4 is 5.73 Å². The molecule has 110 valence electrons. The van der Waals surface area contributed by atoms with Crippen LogP contribution in [-0.4, -0.2) is 48.5 Å². The Morgan fingerprint density at radius 3 is 2.65 bits per heavy atom. The fraction of sp³-hybridized carbons (Fsp3) is 0.562. The van der Waals surface area contributed by atoms with E-state index in [0.717, 1.165) is 18.0 Å². The Hall–Kier alpha value is -0.970. The topological polar surface area (TPSA) is 32.5 Å². The van der Waals surface area contributed by atoms with Crippen LogP contribution in [0.4, 0.5) is 0 Å². The molecule has 0 aromatic heterocycles. The van der Waals surface area contributed by atoms with Gasteiger partial charge in [0, 0.05) is 18.7 Å². The van der Waals surface area contributed by atoms with Crippen LogP contribution in [0, 0.1) is 5.92 Å². The molecule has 1 aromatic rings. The second kappa shape index (κ2) is 7.16. The van der Waals surface area contributed by atoms with Gasteiger partial charge in [-0.15, -0.1) is 0 Å². The van der Waals surface area contributed by atoms with Gasteiger partial charge in [-0.3, -0.25) is 4.90 Å². The van der Waals surface area contributed by atoms with Gasteiger partial charge in [-0.25, -0.2) is 0 Å². The maximum atomic E-state index is 5.69. The van der Waals surface area contributed by atoms with Crippen LogP contribution in [0.25, 0.3) is 0 Å². The van der Waals surface area contributed by atoms with Crippen molar-refractivity contribution < 1.29 is 0 Å². The second-order valence-corrected chi connectivity index (χ2v) is 6.49. The number of hydrogen-bond acceptors (Lipinski definition) is 3. The molecule has 0 aliphatic carbocycles. The summed E-state index contributed by atoms with van der Waals surface area (Å²) in [4.78, 5) is 5.31. The SMILES string of the molecule is CN(C)CC1CCN(Cc2cccc(C(N)=S)c2)CC1. The van der Waals surface area contributed by atoms with Crippen molar-refractivity contribution in [2.45, 2.75) is 19.4 Å². The zero-order valence-corrected chi connectivity index (χ0v) is 13.3. The summed E-state index contributed by atoms with van der Waals surface area (Å²) >= 11 is 5.04. The highest BCUT2D eigenvalue weighted by Crippen LogP contribution is 2.19. The molecule has 1 aromatic carbocycles. The van der Waals surface area contributed by atoms with Crippen molar-refractivity contribution in [1.29, 1.82) is 0 Å². The molecule has 1 aliphatic rings. The first-order valence-electron chi connectivity index (χ1n) is 7.30. The molecule has 3 nitrogen and oxygen atoms in total.